The average Bonchev–Trinajstić information content (AvgIpc) is 2.78. The lowest BCUT2D eigenvalue weighted by Crippen LogP contribution is -2.39. The Labute approximate surface area is 195 Å². The summed E-state index contributed by atoms with van der Waals surface area (Å²) in [4.78, 5) is 31.8. The summed E-state index contributed by atoms with van der Waals surface area (Å²) in [6.07, 6.45) is 9.46. The van der Waals surface area contributed by atoms with Gasteiger partial charge >= 0.3 is 6.09 Å². The largest absolute Gasteiger partial charge is 0.450 e. The van der Waals surface area contributed by atoms with Crippen molar-refractivity contribution >= 4 is 35.6 Å². The van der Waals surface area contributed by atoms with Gasteiger partial charge in [0.1, 0.15) is 5.82 Å². The lowest BCUT2D eigenvalue weighted by molar-refractivity contribution is -0.121. The van der Waals surface area contributed by atoms with Gasteiger partial charge in [0.15, 0.2) is 0 Å². The first-order chi connectivity index (χ1) is 15.5. The summed E-state index contributed by atoms with van der Waals surface area (Å²) in [6.45, 7) is 4.61. The van der Waals surface area contributed by atoms with Gasteiger partial charge in [-0.15, -0.1) is 0 Å². The minimum absolute atomic E-state index is 0.205. The van der Waals surface area contributed by atoms with Crippen LogP contribution in [0.5, 0.6) is 0 Å². The van der Waals surface area contributed by atoms with Crippen molar-refractivity contribution in [3.05, 3.63) is 17.3 Å². The standard InChI is InChI=1S/C23H35ClN4O4/c1-2-32-23(31)26-18-13-21(24)22(25-14-18)27-11-3-5-17(15-27)6-4-12-28(16-29)19-7-9-20(30)10-8-19/h13-14,16-17,19-20,30H,2-12,15H2,1H3,(H,26,31). The lowest BCUT2D eigenvalue weighted by Gasteiger charge is -2.35. The van der Waals surface area contributed by atoms with E-state index in [9.17, 15) is 14.7 Å². The third-order valence-electron chi connectivity index (χ3n) is 6.46. The maximum absolute atomic E-state index is 11.6. The first kappa shape index (κ1) is 24.6. The predicted molar refractivity (Wildman–Crippen MR) is 125 cm³/mol. The normalized spacial score (nSPS) is 23.5. The van der Waals surface area contributed by atoms with E-state index in [-0.39, 0.29) is 12.1 Å². The maximum Gasteiger partial charge on any atom is 0.411 e. The monoisotopic (exact) mass is 466 g/mol. The van der Waals surface area contributed by atoms with Crippen molar-refractivity contribution in [1.29, 1.82) is 0 Å². The zero-order valence-corrected chi connectivity index (χ0v) is 19.6. The number of carbonyl (C=O) groups is 2. The summed E-state index contributed by atoms with van der Waals surface area (Å²) in [5, 5.41) is 12.8. The molecule has 1 saturated heterocycles. The number of amides is 2. The minimum atomic E-state index is -0.523. The van der Waals surface area contributed by atoms with Crippen molar-refractivity contribution in [2.45, 2.75) is 70.4 Å². The molecule has 9 heteroatoms. The van der Waals surface area contributed by atoms with E-state index < -0.39 is 6.09 Å². The van der Waals surface area contributed by atoms with Crippen LogP contribution in [0.15, 0.2) is 12.3 Å². The molecule has 1 aliphatic heterocycles. The van der Waals surface area contributed by atoms with Crippen molar-refractivity contribution in [1.82, 2.24) is 9.88 Å². The summed E-state index contributed by atoms with van der Waals surface area (Å²) in [6, 6.07) is 1.97. The quantitative estimate of drug-likeness (QED) is 0.533. The Morgan fingerprint density at radius 3 is 2.84 bits per heavy atom. The van der Waals surface area contributed by atoms with E-state index in [0.29, 0.717) is 23.2 Å². The second kappa shape index (κ2) is 12.3. The molecule has 8 nitrogen and oxygen atoms in total. The van der Waals surface area contributed by atoms with Crippen LogP contribution < -0.4 is 10.2 Å². The Morgan fingerprint density at radius 1 is 1.38 bits per heavy atom. The van der Waals surface area contributed by atoms with Gasteiger partial charge in [0.2, 0.25) is 6.41 Å². The van der Waals surface area contributed by atoms with Crippen LogP contribution in [-0.4, -0.2) is 65.9 Å². The molecule has 0 radical (unpaired) electrons. The predicted octanol–water partition coefficient (Wildman–Crippen LogP) is 4.06. The second-order valence-corrected chi connectivity index (χ2v) is 9.18. The fraction of sp³-hybridized carbons (Fsp3) is 0.696. The van der Waals surface area contributed by atoms with E-state index in [1.165, 1.54) is 0 Å². The van der Waals surface area contributed by atoms with E-state index in [1.54, 1.807) is 19.2 Å². The van der Waals surface area contributed by atoms with Gasteiger partial charge in [-0.05, 0) is 70.3 Å². The number of aliphatic hydroxyl groups is 1. The molecule has 1 aromatic heterocycles. The number of piperidine rings is 1. The number of anilines is 2. The van der Waals surface area contributed by atoms with Gasteiger partial charge in [-0.2, -0.15) is 0 Å². The van der Waals surface area contributed by atoms with Crippen LogP contribution in [0.2, 0.25) is 5.02 Å². The highest BCUT2D eigenvalue weighted by Gasteiger charge is 2.25. The summed E-state index contributed by atoms with van der Waals surface area (Å²) < 4.78 is 4.88. The number of ether oxygens (including phenoxy) is 1. The number of aliphatic hydroxyl groups excluding tert-OH is 1. The molecule has 2 fully saturated rings. The Morgan fingerprint density at radius 2 is 2.16 bits per heavy atom. The van der Waals surface area contributed by atoms with E-state index in [1.807, 2.05) is 4.90 Å². The highest BCUT2D eigenvalue weighted by atomic mass is 35.5. The summed E-state index contributed by atoms with van der Waals surface area (Å²) >= 11 is 6.47. The lowest BCUT2D eigenvalue weighted by atomic mass is 9.91. The number of hydrogen-bond acceptors (Lipinski definition) is 6. The molecule has 0 spiro atoms. The van der Waals surface area contributed by atoms with E-state index in [2.05, 4.69) is 15.2 Å². The molecule has 2 amide bonds. The minimum Gasteiger partial charge on any atom is -0.450 e. The molecular weight excluding hydrogens is 432 g/mol. The van der Waals surface area contributed by atoms with Crippen molar-refractivity contribution in [3.63, 3.8) is 0 Å². The summed E-state index contributed by atoms with van der Waals surface area (Å²) in [5.41, 5.74) is 0.509. The average molecular weight is 467 g/mol. The molecule has 1 unspecified atom stereocenters. The third-order valence-corrected chi connectivity index (χ3v) is 6.74. The van der Waals surface area contributed by atoms with Crippen LogP contribution in [0.3, 0.4) is 0 Å². The smallest absolute Gasteiger partial charge is 0.411 e. The number of aromatic nitrogens is 1. The number of carbonyl (C=O) groups excluding carboxylic acids is 2. The van der Waals surface area contributed by atoms with Crippen LogP contribution in [0.1, 0.15) is 58.3 Å². The van der Waals surface area contributed by atoms with Crippen LogP contribution in [0.25, 0.3) is 0 Å². The molecular formula is C23H35ClN4O4. The summed E-state index contributed by atoms with van der Waals surface area (Å²) in [7, 11) is 0. The van der Waals surface area contributed by atoms with E-state index in [0.717, 1.165) is 83.2 Å². The van der Waals surface area contributed by atoms with E-state index >= 15 is 0 Å². The maximum atomic E-state index is 11.6. The molecule has 3 rings (SSSR count). The molecule has 32 heavy (non-hydrogen) atoms. The first-order valence-electron chi connectivity index (χ1n) is 11.7. The molecule has 0 bridgehead atoms. The molecule has 1 aliphatic carbocycles. The molecule has 178 valence electrons. The molecule has 1 aromatic rings. The fourth-order valence-electron chi connectivity index (χ4n) is 4.78. The molecule has 2 heterocycles. The molecule has 0 aromatic carbocycles. The Bertz CT molecular complexity index is 758. The number of rotatable bonds is 9. The number of halogens is 1. The zero-order valence-electron chi connectivity index (χ0n) is 18.8. The van der Waals surface area contributed by atoms with Crippen LogP contribution >= 0.6 is 11.6 Å². The van der Waals surface area contributed by atoms with Gasteiger partial charge in [0.05, 0.1) is 29.6 Å². The molecule has 1 saturated carbocycles. The Hall–Kier alpha value is -2.06. The molecule has 2 aliphatic rings. The van der Waals surface area contributed by atoms with Gasteiger partial charge in [0, 0.05) is 25.7 Å². The van der Waals surface area contributed by atoms with Gasteiger partial charge < -0.3 is 19.6 Å². The van der Waals surface area contributed by atoms with Gasteiger partial charge in [-0.3, -0.25) is 10.1 Å². The van der Waals surface area contributed by atoms with Crippen LogP contribution in [0, 0.1) is 5.92 Å². The van der Waals surface area contributed by atoms with Crippen molar-refractivity contribution < 1.29 is 19.4 Å². The van der Waals surface area contributed by atoms with E-state index in [4.69, 9.17) is 16.3 Å². The van der Waals surface area contributed by atoms with Crippen molar-refractivity contribution in [2.24, 2.45) is 5.92 Å². The topological polar surface area (TPSA) is 95.0 Å². The second-order valence-electron chi connectivity index (χ2n) is 8.78. The van der Waals surface area contributed by atoms with Crippen molar-refractivity contribution in [2.75, 3.05) is 36.5 Å². The fourth-order valence-corrected chi connectivity index (χ4v) is 5.07. The molecule has 1 atom stereocenters. The van der Waals surface area contributed by atoms with Crippen molar-refractivity contribution in [3.8, 4) is 0 Å². The first-order valence-corrected chi connectivity index (χ1v) is 12.1. The SMILES string of the molecule is CCOC(=O)Nc1cnc(N2CCCC(CCCN(C=O)C3CCC(O)CC3)C2)c(Cl)c1. The highest BCUT2D eigenvalue weighted by Crippen LogP contribution is 2.31. The number of pyridine rings is 1. The number of nitrogens with zero attached hydrogens (tertiary/aromatic N) is 3. The van der Waals surface area contributed by atoms with Gasteiger partial charge in [-0.1, -0.05) is 11.6 Å². The number of nitrogens with one attached hydrogen (secondary N) is 1. The van der Waals surface area contributed by atoms with Gasteiger partial charge in [0.25, 0.3) is 0 Å². The zero-order chi connectivity index (χ0) is 22.9. The molecule has 2 N–H and O–H groups in total. The third kappa shape index (κ3) is 6.97. The van der Waals surface area contributed by atoms with Gasteiger partial charge in [-0.25, -0.2) is 9.78 Å². The number of hydrogen-bond donors (Lipinski definition) is 2. The summed E-state index contributed by atoms with van der Waals surface area (Å²) in [5.74, 6) is 1.27. The Kier molecular flexibility index (Phi) is 9.41. The Balaban J connectivity index is 1.48. The van der Waals surface area contributed by atoms with Crippen LogP contribution in [-0.2, 0) is 9.53 Å². The van der Waals surface area contributed by atoms with Crippen LogP contribution in [0.4, 0.5) is 16.3 Å². The highest BCUT2D eigenvalue weighted by molar-refractivity contribution is 6.33.